The molecule has 0 bridgehead atoms. The van der Waals surface area contributed by atoms with E-state index in [9.17, 15) is 0 Å². The molecule has 1 N–H and O–H groups in total. The maximum absolute atomic E-state index is 5.98. The second-order valence-corrected chi connectivity index (χ2v) is 6.43. The van der Waals surface area contributed by atoms with E-state index in [-0.39, 0.29) is 15.1 Å². The molecule has 1 aliphatic rings. The largest absolute Gasteiger partial charge is 0.364 e. The van der Waals surface area contributed by atoms with E-state index in [4.69, 9.17) is 81.2 Å². The van der Waals surface area contributed by atoms with Gasteiger partial charge in [0.15, 0.2) is 5.00 Å². The average Bonchev–Trinajstić information content (AvgIpc) is 2.06. The lowest BCUT2D eigenvalue weighted by Gasteiger charge is -2.36. The van der Waals surface area contributed by atoms with Crippen molar-refractivity contribution in [1.29, 1.82) is 0 Å². The molecule has 0 radical (unpaired) electrons. The van der Waals surface area contributed by atoms with Crippen molar-refractivity contribution in [2.45, 2.75) is 8.79 Å². The molecule has 0 aromatic heterocycles. The van der Waals surface area contributed by atoms with Crippen molar-refractivity contribution in [2.75, 3.05) is 0 Å². The van der Waals surface area contributed by atoms with Gasteiger partial charge in [0.1, 0.15) is 0 Å². The van der Waals surface area contributed by atoms with Gasteiger partial charge in [0.2, 0.25) is 3.79 Å². The van der Waals surface area contributed by atoms with Crippen LogP contribution in [0.2, 0.25) is 0 Å². The Bertz CT molecular complexity index is 315. The minimum Gasteiger partial charge on any atom is -0.364 e. The maximum atomic E-state index is 5.98. The highest BCUT2D eigenvalue weighted by molar-refractivity contribution is 6.72. The van der Waals surface area contributed by atoms with Gasteiger partial charge >= 0.3 is 0 Å². The number of hydrogen-bond donors (Lipinski definition) is 1. The van der Waals surface area contributed by atoms with E-state index < -0.39 is 8.79 Å². The minimum absolute atomic E-state index is 0.0495. The summed E-state index contributed by atoms with van der Waals surface area (Å²) in [6.07, 6.45) is 1.31. The van der Waals surface area contributed by atoms with Crippen molar-refractivity contribution in [2.24, 2.45) is 0 Å². The number of rotatable bonds is 0. The van der Waals surface area contributed by atoms with Gasteiger partial charge in [-0.25, -0.2) is 0 Å². The summed E-state index contributed by atoms with van der Waals surface area (Å²) in [6.45, 7) is 0. The first-order chi connectivity index (χ1) is 6.20. The number of alkyl halides is 4. The molecule has 1 heterocycles. The van der Waals surface area contributed by atoms with Crippen LogP contribution in [0.5, 0.6) is 0 Å². The van der Waals surface area contributed by atoms with Crippen LogP contribution >= 0.6 is 81.2 Å². The molecule has 0 spiro atoms. The Labute approximate surface area is 116 Å². The highest BCUT2D eigenvalue weighted by Crippen LogP contribution is 2.50. The van der Waals surface area contributed by atoms with E-state index in [1.54, 1.807) is 0 Å². The lowest BCUT2D eigenvalue weighted by Crippen LogP contribution is -2.50. The van der Waals surface area contributed by atoms with Crippen molar-refractivity contribution in [3.63, 3.8) is 0 Å². The molecular formula is C6H2Cl7N. The van der Waals surface area contributed by atoms with E-state index in [0.717, 1.165) is 0 Å². The quantitative estimate of drug-likeness (QED) is 0.501. The second-order valence-electron chi connectivity index (χ2n) is 2.42. The topological polar surface area (TPSA) is 12.0 Å². The monoisotopic (exact) mass is 333 g/mol. The van der Waals surface area contributed by atoms with E-state index >= 15 is 0 Å². The molecule has 0 aliphatic carbocycles. The Balaban J connectivity index is 3.21. The molecule has 14 heavy (non-hydrogen) atoms. The predicted octanol–water partition coefficient (Wildman–Crippen LogP) is 4.66. The molecule has 1 unspecified atom stereocenters. The summed E-state index contributed by atoms with van der Waals surface area (Å²) in [6, 6.07) is 0. The highest BCUT2D eigenvalue weighted by Gasteiger charge is 2.52. The highest BCUT2D eigenvalue weighted by atomic mass is 35.6. The molecule has 0 saturated heterocycles. The van der Waals surface area contributed by atoms with Crippen LogP contribution in [0.1, 0.15) is 0 Å². The van der Waals surface area contributed by atoms with E-state index in [1.807, 2.05) is 0 Å². The van der Waals surface area contributed by atoms with Gasteiger partial charge in [0, 0.05) is 6.20 Å². The van der Waals surface area contributed by atoms with Crippen LogP contribution in [-0.2, 0) is 0 Å². The van der Waals surface area contributed by atoms with E-state index in [2.05, 4.69) is 5.32 Å². The number of hydrogen-bond acceptors (Lipinski definition) is 1. The zero-order chi connectivity index (χ0) is 11.1. The number of dihydropyridines is 1. The van der Waals surface area contributed by atoms with Gasteiger partial charge in [-0.2, -0.15) is 0 Å². The third kappa shape index (κ3) is 2.20. The number of allylic oxidation sites excluding steroid dienone is 2. The van der Waals surface area contributed by atoms with Crippen LogP contribution in [0, 0.1) is 0 Å². The number of halogens is 7. The van der Waals surface area contributed by atoms with Crippen LogP contribution in [0.3, 0.4) is 0 Å². The van der Waals surface area contributed by atoms with E-state index in [1.165, 1.54) is 6.20 Å². The third-order valence-electron chi connectivity index (χ3n) is 1.49. The Morgan fingerprint density at radius 3 is 2.07 bits per heavy atom. The smallest absolute Gasteiger partial charge is 0.232 e. The van der Waals surface area contributed by atoms with Crippen LogP contribution in [0.4, 0.5) is 0 Å². The molecule has 0 fully saturated rings. The summed E-state index contributed by atoms with van der Waals surface area (Å²) < 4.78 is -1.86. The van der Waals surface area contributed by atoms with Crippen LogP contribution in [-0.4, -0.2) is 8.79 Å². The fourth-order valence-corrected chi connectivity index (χ4v) is 2.23. The van der Waals surface area contributed by atoms with Crippen molar-refractivity contribution in [3.8, 4) is 0 Å². The molecule has 0 amide bonds. The van der Waals surface area contributed by atoms with Gasteiger partial charge in [0.25, 0.3) is 0 Å². The van der Waals surface area contributed by atoms with Crippen molar-refractivity contribution < 1.29 is 0 Å². The molecular weight excluding hydrogens is 334 g/mol. The van der Waals surface area contributed by atoms with Gasteiger partial charge < -0.3 is 5.32 Å². The van der Waals surface area contributed by atoms with E-state index in [0.29, 0.717) is 0 Å². The summed E-state index contributed by atoms with van der Waals surface area (Å²) in [5.74, 6) is 0. The second kappa shape index (κ2) is 4.29. The molecule has 1 nitrogen and oxygen atoms in total. The Morgan fingerprint density at radius 1 is 1.14 bits per heavy atom. The van der Waals surface area contributed by atoms with Crippen LogP contribution < -0.4 is 5.32 Å². The molecule has 1 atom stereocenters. The summed E-state index contributed by atoms with van der Waals surface area (Å²) in [5.41, 5.74) is 0. The summed E-state index contributed by atoms with van der Waals surface area (Å²) in [5, 5.41) is 2.75. The Kier molecular flexibility index (Phi) is 4.10. The average molecular weight is 336 g/mol. The molecule has 0 aromatic rings. The first-order valence-corrected chi connectivity index (χ1v) is 5.80. The molecule has 80 valence electrons. The molecule has 0 aromatic carbocycles. The summed E-state index contributed by atoms with van der Waals surface area (Å²) >= 11 is 40.2. The molecule has 0 saturated carbocycles. The Hall–Kier alpha value is 1.31. The standard InChI is InChI=1S/C6H2Cl7N/c7-2-1-14-5(10,6(11,12)13)4(9)3(2)8/h1,14H. The predicted molar refractivity (Wildman–Crippen MR) is 64.7 cm³/mol. The molecule has 8 heteroatoms. The normalized spacial score (nSPS) is 28.6. The number of nitrogens with one attached hydrogen (secondary N) is 1. The van der Waals surface area contributed by atoms with Gasteiger partial charge in [-0.1, -0.05) is 81.2 Å². The van der Waals surface area contributed by atoms with Gasteiger partial charge in [-0.15, -0.1) is 0 Å². The van der Waals surface area contributed by atoms with Crippen LogP contribution in [0.25, 0.3) is 0 Å². The zero-order valence-electron chi connectivity index (χ0n) is 6.22. The zero-order valence-corrected chi connectivity index (χ0v) is 11.5. The van der Waals surface area contributed by atoms with Crippen molar-refractivity contribution >= 4 is 81.2 Å². The van der Waals surface area contributed by atoms with Crippen molar-refractivity contribution in [1.82, 2.24) is 5.32 Å². The first kappa shape index (κ1) is 13.4. The fraction of sp³-hybridized carbons (Fsp3) is 0.333. The van der Waals surface area contributed by atoms with Gasteiger partial charge in [-0.3, -0.25) is 0 Å². The molecule has 1 aliphatic heterocycles. The van der Waals surface area contributed by atoms with Crippen molar-refractivity contribution in [3.05, 3.63) is 21.3 Å². The first-order valence-electron chi connectivity index (χ1n) is 3.15. The SMILES string of the molecule is ClC1=CNC(Cl)(C(Cl)(Cl)Cl)C(Cl)=C1Cl. The lowest BCUT2D eigenvalue weighted by atomic mass is 10.2. The third-order valence-corrected chi connectivity index (χ3v) is 4.67. The summed E-state index contributed by atoms with van der Waals surface area (Å²) in [7, 11) is 0. The van der Waals surface area contributed by atoms with Gasteiger partial charge in [-0.05, 0) is 0 Å². The molecule has 1 rings (SSSR count). The minimum atomic E-state index is -1.86. The summed E-state index contributed by atoms with van der Waals surface area (Å²) in [4.78, 5) is -1.60. The fourth-order valence-electron chi connectivity index (χ4n) is 0.752. The maximum Gasteiger partial charge on any atom is 0.232 e. The lowest BCUT2D eigenvalue weighted by molar-refractivity contribution is 0.621. The van der Waals surface area contributed by atoms with Crippen LogP contribution in [0.15, 0.2) is 21.3 Å². The Morgan fingerprint density at radius 2 is 1.64 bits per heavy atom. The van der Waals surface area contributed by atoms with Gasteiger partial charge in [0.05, 0.1) is 15.1 Å².